The van der Waals surface area contributed by atoms with Crippen molar-refractivity contribution >= 4 is 16.8 Å². The van der Waals surface area contributed by atoms with E-state index in [4.69, 9.17) is 11.6 Å². The minimum atomic E-state index is -0.314. The Labute approximate surface area is 130 Å². The molecular formula is C18H18ClNO. The molecule has 21 heavy (non-hydrogen) atoms. The monoisotopic (exact) mass is 299 g/mol. The summed E-state index contributed by atoms with van der Waals surface area (Å²) in [5.74, 6) is 0.390. The molecule has 0 aliphatic carbocycles. The van der Waals surface area contributed by atoms with Crippen LogP contribution < -0.4 is 0 Å². The third-order valence-corrected chi connectivity index (χ3v) is 4.22. The van der Waals surface area contributed by atoms with Crippen LogP contribution in [-0.2, 0) is 17.8 Å². The molecule has 1 heterocycles. The second kappa shape index (κ2) is 6.00. The number of hydrogen-bond donors (Lipinski definition) is 0. The van der Waals surface area contributed by atoms with Crippen LogP contribution in [0.25, 0.3) is 0 Å². The van der Waals surface area contributed by atoms with Gasteiger partial charge >= 0.3 is 0 Å². The Morgan fingerprint density at radius 3 is 2.62 bits per heavy atom. The van der Waals surface area contributed by atoms with Crippen molar-refractivity contribution in [3.8, 4) is 0 Å². The zero-order valence-corrected chi connectivity index (χ0v) is 12.8. The normalized spacial score (nSPS) is 18.3. The van der Waals surface area contributed by atoms with Crippen LogP contribution >= 0.6 is 11.6 Å². The molecule has 0 amide bonds. The molecule has 0 unspecified atom stereocenters. The van der Waals surface area contributed by atoms with Gasteiger partial charge in [0, 0.05) is 25.4 Å². The molecule has 1 atom stereocenters. The molecule has 0 spiro atoms. The van der Waals surface area contributed by atoms with E-state index in [-0.39, 0.29) is 5.24 Å². The second-order valence-corrected chi connectivity index (χ2v) is 6.14. The van der Waals surface area contributed by atoms with E-state index < -0.39 is 0 Å². The van der Waals surface area contributed by atoms with E-state index in [0.29, 0.717) is 12.3 Å². The van der Waals surface area contributed by atoms with Gasteiger partial charge in [0.2, 0.25) is 5.24 Å². The van der Waals surface area contributed by atoms with Crippen LogP contribution in [0.15, 0.2) is 48.5 Å². The Kier molecular flexibility index (Phi) is 4.09. The maximum absolute atomic E-state index is 11.0. The van der Waals surface area contributed by atoms with Crippen LogP contribution in [0.4, 0.5) is 0 Å². The third kappa shape index (κ3) is 3.17. The molecule has 3 heteroatoms. The quantitative estimate of drug-likeness (QED) is 0.808. The van der Waals surface area contributed by atoms with Crippen LogP contribution in [0.3, 0.4) is 0 Å². The molecule has 0 aromatic heterocycles. The van der Waals surface area contributed by atoms with Gasteiger partial charge in [0.05, 0.1) is 0 Å². The summed E-state index contributed by atoms with van der Waals surface area (Å²) in [6, 6.07) is 16.9. The molecule has 0 saturated carbocycles. The van der Waals surface area contributed by atoms with E-state index in [1.165, 1.54) is 16.7 Å². The molecule has 2 nitrogen and oxygen atoms in total. The van der Waals surface area contributed by atoms with Crippen molar-refractivity contribution in [3.05, 3.63) is 70.8 Å². The summed E-state index contributed by atoms with van der Waals surface area (Å²) < 4.78 is 0. The van der Waals surface area contributed by atoms with Crippen LogP contribution in [0.5, 0.6) is 0 Å². The molecular weight excluding hydrogens is 282 g/mol. The van der Waals surface area contributed by atoms with Gasteiger partial charge in [-0.15, -0.1) is 0 Å². The van der Waals surface area contributed by atoms with E-state index in [1.807, 2.05) is 12.1 Å². The molecule has 0 radical (unpaired) electrons. The van der Waals surface area contributed by atoms with Crippen molar-refractivity contribution in [2.45, 2.75) is 18.9 Å². The number of fused-ring (bicyclic) bond motifs is 1. The summed E-state index contributed by atoms with van der Waals surface area (Å²) in [6.07, 6.45) is 0.295. The summed E-state index contributed by atoms with van der Waals surface area (Å²) in [7, 11) is 2.16. The lowest BCUT2D eigenvalue weighted by Gasteiger charge is -2.32. The number of nitrogens with zero attached hydrogens (tertiary/aromatic N) is 1. The fraction of sp³-hybridized carbons (Fsp3) is 0.278. The van der Waals surface area contributed by atoms with Crippen molar-refractivity contribution < 1.29 is 4.79 Å². The average Bonchev–Trinajstić information content (AvgIpc) is 2.46. The van der Waals surface area contributed by atoms with Gasteiger partial charge in [-0.2, -0.15) is 0 Å². The van der Waals surface area contributed by atoms with Crippen LogP contribution in [0.2, 0.25) is 0 Å². The fourth-order valence-electron chi connectivity index (χ4n) is 3.10. The number of hydrogen-bond acceptors (Lipinski definition) is 2. The zero-order valence-electron chi connectivity index (χ0n) is 12.1. The predicted molar refractivity (Wildman–Crippen MR) is 85.6 cm³/mol. The number of benzene rings is 2. The fourth-order valence-corrected chi connectivity index (χ4v) is 3.25. The Morgan fingerprint density at radius 2 is 1.90 bits per heavy atom. The zero-order chi connectivity index (χ0) is 14.8. The molecule has 2 aromatic carbocycles. The summed E-state index contributed by atoms with van der Waals surface area (Å²) in [4.78, 5) is 13.3. The minimum Gasteiger partial charge on any atom is -0.301 e. The molecule has 108 valence electrons. The number of likely N-dealkylation sites (N-methyl/N-ethyl adjacent to an activating group) is 1. The van der Waals surface area contributed by atoms with E-state index in [9.17, 15) is 4.79 Å². The van der Waals surface area contributed by atoms with Gasteiger partial charge in [0.1, 0.15) is 0 Å². The Morgan fingerprint density at radius 1 is 1.19 bits per heavy atom. The SMILES string of the molecule is CN1Cc2ccccc2[C@@H](c2ccc(CC(=O)Cl)cc2)C1. The van der Waals surface area contributed by atoms with Gasteiger partial charge in [-0.05, 0) is 40.9 Å². The molecule has 1 aliphatic heterocycles. The Bertz CT molecular complexity index is 651. The standard InChI is InChI=1S/C18H18ClNO/c1-20-11-15-4-2-3-5-16(15)17(12-20)14-8-6-13(7-9-14)10-18(19)21/h2-9,17H,10-12H2,1H3/t17-/m1/s1. The average molecular weight is 300 g/mol. The predicted octanol–water partition coefficient (Wildman–Crippen LogP) is 3.57. The van der Waals surface area contributed by atoms with Crippen LogP contribution in [-0.4, -0.2) is 23.7 Å². The van der Waals surface area contributed by atoms with E-state index >= 15 is 0 Å². The minimum absolute atomic E-state index is 0.295. The summed E-state index contributed by atoms with van der Waals surface area (Å²) >= 11 is 5.44. The van der Waals surface area contributed by atoms with Gasteiger partial charge < -0.3 is 4.90 Å². The lowest BCUT2D eigenvalue weighted by Crippen LogP contribution is -2.30. The van der Waals surface area contributed by atoms with Crippen molar-refractivity contribution in [1.29, 1.82) is 0 Å². The Hall–Kier alpha value is -1.64. The maximum Gasteiger partial charge on any atom is 0.226 e. The van der Waals surface area contributed by atoms with Crippen LogP contribution in [0.1, 0.15) is 28.2 Å². The lowest BCUT2D eigenvalue weighted by molar-refractivity contribution is -0.111. The maximum atomic E-state index is 11.0. The first-order valence-electron chi connectivity index (χ1n) is 7.17. The topological polar surface area (TPSA) is 20.3 Å². The molecule has 0 saturated heterocycles. The highest BCUT2D eigenvalue weighted by atomic mass is 35.5. The highest BCUT2D eigenvalue weighted by molar-refractivity contribution is 6.63. The van der Waals surface area contributed by atoms with Gasteiger partial charge in [0.15, 0.2) is 0 Å². The summed E-state index contributed by atoms with van der Waals surface area (Å²) in [6.45, 7) is 2.02. The highest BCUT2D eigenvalue weighted by Crippen LogP contribution is 2.32. The molecule has 1 aliphatic rings. The number of rotatable bonds is 3. The molecule has 0 fully saturated rings. The largest absolute Gasteiger partial charge is 0.301 e. The highest BCUT2D eigenvalue weighted by Gasteiger charge is 2.24. The number of carbonyl (C=O) groups is 1. The smallest absolute Gasteiger partial charge is 0.226 e. The first kappa shape index (κ1) is 14.3. The summed E-state index contributed by atoms with van der Waals surface area (Å²) in [5.41, 5.74) is 5.07. The lowest BCUT2D eigenvalue weighted by atomic mass is 9.84. The van der Waals surface area contributed by atoms with Gasteiger partial charge in [-0.25, -0.2) is 0 Å². The molecule has 3 rings (SSSR count). The van der Waals surface area contributed by atoms with Gasteiger partial charge in [-0.3, -0.25) is 4.79 Å². The first-order chi connectivity index (χ1) is 10.1. The van der Waals surface area contributed by atoms with Gasteiger partial charge in [0.25, 0.3) is 0 Å². The van der Waals surface area contributed by atoms with Crippen molar-refractivity contribution in [1.82, 2.24) is 4.90 Å². The number of carbonyl (C=O) groups excluding carboxylic acids is 1. The van der Waals surface area contributed by atoms with E-state index in [0.717, 1.165) is 18.7 Å². The molecule has 0 bridgehead atoms. The van der Waals surface area contributed by atoms with Crippen molar-refractivity contribution in [2.24, 2.45) is 0 Å². The van der Waals surface area contributed by atoms with Gasteiger partial charge in [-0.1, -0.05) is 48.5 Å². The Balaban J connectivity index is 1.91. The number of halogens is 1. The second-order valence-electron chi connectivity index (χ2n) is 5.72. The summed E-state index contributed by atoms with van der Waals surface area (Å²) in [5, 5.41) is -0.314. The van der Waals surface area contributed by atoms with Crippen molar-refractivity contribution in [3.63, 3.8) is 0 Å². The van der Waals surface area contributed by atoms with E-state index in [1.54, 1.807) is 0 Å². The van der Waals surface area contributed by atoms with Crippen LogP contribution in [0, 0.1) is 0 Å². The molecule has 0 N–H and O–H groups in total. The first-order valence-corrected chi connectivity index (χ1v) is 7.55. The van der Waals surface area contributed by atoms with E-state index in [2.05, 4.69) is 48.3 Å². The molecule has 2 aromatic rings. The third-order valence-electron chi connectivity index (χ3n) is 4.09. The van der Waals surface area contributed by atoms with Crippen molar-refractivity contribution in [2.75, 3.05) is 13.6 Å².